The lowest BCUT2D eigenvalue weighted by Gasteiger charge is -2.14. The van der Waals surface area contributed by atoms with Crippen molar-refractivity contribution in [3.8, 4) is 17.2 Å². The number of carboxylic acid groups (broad SMARTS) is 1. The van der Waals surface area contributed by atoms with E-state index in [1.54, 1.807) is 23.8 Å². The lowest BCUT2D eigenvalue weighted by molar-refractivity contribution is -0.256. The van der Waals surface area contributed by atoms with E-state index in [1.807, 2.05) is 24.3 Å². The predicted octanol–water partition coefficient (Wildman–Crippen LogP) is 4.34. The number of benzene rings is 2. The molecular weight excluding hydrogens is 472 g/mol. The van der Waals surface area contributed by atoms with Gasteiger partial charge in [0.1, 0.15) is 10.8 Å². The third kappa shape index (κ3) is 4.79. The Bertz CT molecular complexity index is 1130. The van der Waals surface area contributed by atoms with Crippen molar-refractivity contribution in [3.05, 3.63) is 52.7 Å². The second-order valence-electron chi connectivity index (χ2n) is 6.84. The highest BCUT2D eigenvalue weighted by atomic mass is 35.5. The Morgan fingerprint density at radius 1 is 1.25 bits per heavy atom. The average Bonchev–Trinajstić information content (AvgIpc) is 3.37. The highest BCUT2D eigenvalue weighted by Crippen LogP contribution is 2.39. The summed E-state index contributed by atoms with van der Waals surface area (Å²) in [5, 5.41) is 13.6. The standard InChI is InChI=1S/C22H21ClN2O5S2/c1-3-8-31-22-24-20(32-15-6-4-14(28-2)5-7-15)19(21(26)27)25(22)11-13-9-17-18(10-16(13)23)30-12-29-17/h4-7,9-10H,3,8,11-12H2,1-2H3,(H,26,27)/p-1. The van der Waals surface area contributed by atoms with Crippen molar-refractivity contribution < 1.29 is 24.1 Å². The Labute approximate surface area is 199 Å². The van der Waals surface area contributed by atoms with Gasteiger partial charge in [0.15, 0.2) is 16.7 Å². The lowest BCUT2D eigenvalue weighted by Crippen LogP contribution is -2.26. The van der Waals surface area contributed by atoms with Crippen LogP contribution in [0.2, 0.25) is 5.02 Å². The van der Waals surface area contributed by atoms with Crippen LogP contribution in [0.25, 0.3) is 0 Å². The van der Waals surface area contributed by atoms with Gasteiger partial charge in [-0.1, -0.05) is 42.0 Å². The number of halogens is 1. The molecule has 2 aromatic carbocycles. The van der Waals surface area contributed by atoms with Crippen molar-refractivity contribution in [1.29, 1.82) is 0 Å². The molecule has 3 aromatic rings. The van der Waals surface area contributed by atoms with Crippen LogP contribution in [-0.2, 0) is 6.54 Å². The molecule has 0 unspecified atom stereocenters. The summed E-state index contributed by atoms with van der Waals surface area (Å²) in [7, 11) is 1.59. The number of hydrogen-bond acceptors (Lipinski definition) is 8. The largest absolute Gasteiger partial charge is 0.543 e. The summed E-state index contributed by atoms with van der Waals surface area (Å²) in [5.41, 5.74) is 0.716. The van der Waals surface area contributed by atoms with Gasteiger partial charge in [-0.25, -0.2) is 4.98 Å². The number of nitrogens with zero attached hydrogens (tertiary/aromatic N) is 2. The van der Waals surface area contributed by atoms with Crippen LogP contribution in [0.1, 0.15) is 29.4 Å². The third-order valence-corrected chi connectivity index (χ3v) is 7.19. The van der Waals surface area contributed by atoms with E-state index in [9.17, 15) is 9.90 Å². The van der Waals surface area contributed by atoms with Crippen LogP contribution in [0.3, 0.4) is 0 Å². The van der Waals surface area contributed by atoms with Crippen LogP contribution >= 0.6 is 35.1 Å². The fourth-order valence-electron chi connectivity index (χ4n) is 3.14. The first kappa shape index (κ1) is 22.7. The number of fused-ring (bicyclic) bond motifs is 1. The number of carbonyl (C=O) groups is 1. The topological polar surface area (TPSA) is 85.6 Å². The van der Waals surface area contributed by atoms with Gasteiger partial charge in [0.05, 0.1) is 25.3 Å². The molecule has 0 radical (unpaired) electrons. The van der Waals surface area contributed by atoms with Crippen molar-refractivity contribution in [2.24, 2.45) is 0 Å². The Balaban J connectivity index is 1.73. The molecule has 0 N–H and O–H groups in total. The molecule has 1 aliphatic heterocycles. The van der Waals surface area contributed by atoms with E-state index in [0.717, 1.165) is 22.8 Å². The van der Waals surface area contributed by atoms with Crippen molar-refractivity contribution in [1.82, 2.24) is 9.55 Å². The summed E-state index contributed by atoms with van der Waals surface area (Å²) >= 11 is 9.22. The summed E-state index contributed by atoms with van der Waals surface area (Å²) in [6, 6.07) is 10.8. The zero-order chi connectivity index (χ0) is 22.7. The number of thioether (sulfide) groups is 1. The molecule has 10 heteroatoms. The van der Waals surface area contributed by atoms with Crippen LogP contribution in [0.15, 0.2) is 51.5 Å². The number of carboxylic acids is 1. The van der Waals surface area contributed by atoms with Crippen molar-refractivity contribution in [2.45, 2.75) is 35.0 Å². The molecule has 4 rings (SSSR count). The fourth-order valence-corrected chi connectivity index (χ4v) is 5.18. The monoisotopic (exact) mass is 491 g/mol. The Hall–Kier alpha value is -2.49. The number of aromatic nitrogens is 2. The Kier molecular flexibility index (Phi) is 7.07. The zero-order valence-electron chi connectivity index (χ0n) is 17.4. The SMILES string of the molecule is CCCSc1nc(Sc2ccc(OC)cc2)c(C(=O)[O-])n1Cc1cc2c(cc1Cl)OCO2. The van der Waals surface area contributed by atoms with Gasteiger partial charge in [-0.2, -0.15) is 0 Å². The van der Waals surface area contributed by atoms with Gasteiger partial charge in [0.2, 0.25) is 6.79 Å². The Morgan fingerprint density at radius 3 is 2.62 bits per heavy atom. The summed E-state index contributed by atoms with van der Waals surface area (Å²) in [5.74, 6) is 1.37. The molecule has 0 saturated carbocycles. The van der Waals surface area contributed by atoms with Crippen molar-refractivity contribution >= 4 is 41.1 Å². The second-order valence-corrected chi connectivity index (χ2v) is 9.38. The number of rotatable bonds is 9. The summed E-state index contributed by atoms with van der Waals surface area (Å²) in [6.07, 6.45) is 0.921. The smallest absolute Gasteiger partial charge is 0.231 e. The molecule has 0 spiro atoms. The van der Waals surface area contributed by atoms with Crippen molar-refractivity contribution in [2.75, 3.05) is 19.7 Å². The van der Waals surface area contributed by atoms with Gasteiger partial charge in [-0.15, -0.1) is 0 Å². The van der Waals surface area contributed by atoms with E-state index in [-0.39, 0.29) is 19.0 Å². The lowest BCUT2D eigenvalue weighted by atomic mass is 10.2. The molecular formula is C22H20ClN2O5S2-. The van der Waals surface area contributed by atoms with Crippen LogP contribution in [0.5, 0.6) is 17.2 Å². The fraction of sp³-hybridized carbons (Fsp3) is 0.273. The first-order chi connectivity index (χ1) is 15.5. The minimum absolute atomic E-state index is 0.0122. The zero-order valence-corrected chi connectivity index (χ0v) is 19.8. The molecule has 168 valence electrons. The molecule has 0 bridgehead atoms. The molecule has 1 aromatic heterocycles. The number of carbonyl (C=O) groups excluding carboxylic acids is 1. The molecule has 32 heavy (non-hydrogen) atoms. The van der Waals surface area contributed by atoms with E-state index in [4.69, 9.17) is 25.8 Å². The maximum Gasteiger partial charge on any atom is 0.231 e. The van der Waals surface area contributed by atoms with Gasteiger partial charge >= 0.3 is 0 Å². The van der Waals surface area contributed by atoms with E-state index >= 15 is 0 Å². The number of aromatic carboxylic acids is 1. The quantitative estimate of drug-likeness (QED) is 0.409. The number of imidazole rings is 1. The summed E-state index contributed by atoms with van der Waals surface area (Å²) in [6.45, 7) is 2.40. The molecule has 0 aliphatic carbocycles. The predicted molar refractivity (Wildman–Crippen MR) is 121 cm³/mol. The first-order valence-electron chi connectivity index (χ1n) is 9.84. The van der Waals surface area contributed by atoms with E-state index in [0.29, 0.717) is 32.3 Å². The minimum atomic E-state index is -1.30. The number of hydrogen-bond donors (Lipinski definition) is 0. The van der Waals surface area contributed by atoms with Gasteiger partial charge in [-0.05, 0) is 42.3 Å². The first-order valence-corrected chi connectivity index (χ1v) is 12.0. The summed E-state index contributed by atoms with van der Waals surface area (Å²) in [4.78, 5) is 17.7. The highest BCUT2D eigenvalue weighted by molar-refractivity contribution is 8.00. The minimum Gasteiger partial charge on any atom is -0.543 e. The number of methoxy groups -OCH3 is 1. The van der Waals surface area contributed by atoms with E-state index in [1.165, 1.54) is 23.5 Å². The average molecular weight is 492 g/mol. The normalized spacial score (nSPS) is 12.2. The van der Waals surface area contributed by atoms with E-state index < -0.39 is 5.97 Å². The molecule has 0 amide bonds. The molecule has 1 aliphatic rings. The second kappa shape index (κ2) is 9.97. The highest BCUT2D eigenvalue weighted by Gasteiger charge is 2.22. The maximum absolute atomic E-state index is 12.2. The maximum atomic E-state index is 12.2. The van der Waals surface area contributed by atoms with Crippen LogP contribution < -0.4 is 19.3 Å². The van der Waals surface area contributed by atoms with Crippen LogP contribution in [0, 0.1) is 0 Å². The number of ether oxygens (including phenoxy) is 3. The molecule has 0 saturated heterocycles. The Morgan fingerprint density at radius 2 is 1.97 bits per heavy atom. The third-order valence-electron chi connectivity index (χ3n) is 4.67. The van der Waals surface area contributed by atoms with E-state index in [2.05, 4.69) is 11.9 Å². The van der Waals surface area contributed by atoms with Gasteiger partial charge < -0.3 is 28.7 Å². The van der Waals surface area contributed by atoms with Gasteiger partial charge in [-0.3, -0.25) is 0 Å². The summed E-state index contributed by atoms with van der Waals surface area (Å²) < 4.78 is 17.7. The molecule has 0 atom stereocenters. The molecule has 0 fully saturated rings. The van der Waals surface area contributed by atoms with Crippen LogP contribution in [-0.4, -0.2) is 35.2 Å². The van der Waals surface area contributed by atoms with Gasteiger partial charge in [0.25, 0.3) is 0 Å². The van der Waals surface area contributed by atoms with Crippen LogP contribution in [0.4, 0.5) is 0 Å². The molecule has 2 heterocycles. The van der Waals surface area contributed by atoms with Gasteiger partial charge in [0, 0.05) is 21.7 Å². The molecule has 7 nitrogen and oxygen atoms in total. The van der Waals surface area contributed by atoms with Crippen molar-refractivity contribution in [3.63, 3.8) is 0 Å².